The van der Waals surface area contributed by atoms with Crippen LogP contribution in [0.25, 0.3) is 0 Å². The number of carbonyl (C=O) groups is 2. The fourth-order valence-electron chi connectivity index (χ4n) is 3.52. The van der Waals surface area contributed by atoms with Crippen LogP contribution in [0.15, 0.2) is 54.6 Å². The van der Waals surface area contributed by atoms with Crippen molar-refractivity contribution in [1.29, 1.82) is 0 Å². The summed E-state index contributed by atoms with van der Waals surface area (Å²) in [6.07, 6.45) is 0. The number of piperazine rings is 1. The first-order chi connectivity index (χ1) is 14.6. The zero-order chi connectivity index (χ0) is 21.2. The average molecular weight is 429 g/mol. The molecule has 0 aliphatic carbocycles. The maximum atomic E-state index is 12.0. The fraction of sp³-hybridized carbons (Fsp3) is 0.391. The number of esters is 1. The van der Waals surface area contributed by atoms with E-state index >= 15 is 0 Å². The summed E-state index contributed by atoms with van der Waals surface area (Å²) < 4.78 is 4.85. The van der Waals surface area contributed by atoms with E-state index in [1.165, 1.54) is 23.0 Å². The number of quaternary nitrogens is 1. The maximum Gasteiger partial charge on any atom is 0.315 e. The lowest BCUT2D eigenvalue weighted by atomic mass is 10.2. The number of ether oxygens (including phenoxy) is 1. The summed E-state index contributed by atoms with van der Waals surface area (Å²) in [5.41, 5.74) is 3.35. The van der Waals surface area contributed by atoms with Crippen molar-refractivity contribution < 1.29 is 19.2 Å². The van der Waals surface area contributed by atoms with Gasteiger partial charge in [-0.15, -0.1) is 11.8 Å². The Morgan fingerprint density at radius 1 is 1.03 bits per heavy atom. The molecule has 0 spiro atoms. The highest BCUT2D eigenvalue weighted by molar-refractivity contribution is 8.00. The van der Waals surface area contributed by atoms with Gasteiger partial charge in [0, 0.05) is 16.9 Å². The molecule has 6 nitrogen and oxygen atoms in total. The Labute approximate surface area is 182 Å². The second-order valence-corrected chi connectivity index (χ2v) is 8.28. The number of amides is 1. The molecule has 1 heterocycles. The zero-order valence-corrected chi connectivity index (χ0v) is 18.2. The monoisotopic (exact) mass is 428 g/mol. The van der Waals surface area contributed by atoms with Gasteiger partial charge >= 0.3 is 5.97 Å². The van der Waals surface area contributed by atoms with Gasteiger partial charge < -0.3 is 19.9 Å². The van der Waals surface area contributed by atoms with Crippen LogP contribution in [0.1, 0.15) is 12.5 Å². The molecule has 0 atom stereocenters. The molecule has 3 rings (SSSR count). The number of hydrogen-bond donors (Lipinski definition) is 2. The van der Waals surface area contributed by atoms with Crippen LogP contribution in [-0.4, -0.2) is 56.2 Å². The predicted octanol–water partition coefficient (Wildman–Crippen LogP) is 1.83. The van der Waals surface area contributed by atoms with E-state index in [0.29, 0.717) is 6.61 Å². The molecule has 160 valence electrons. The molecule has 0 aromatic heterocycles. The quantitative estimate of drug-likeness (QED) is 0.597. The second-order valence-electron chi connectivity index (χ2n) is 7.29. The third-order valence-corrected chi connectivity index (χ3v) is 5.95. The molecule has 2 aromatic carbocycles. The largest absolute Gasteiger partial charge is 0.465 e. The SMILES string of the molecule is CCOC(=O)CSCC(=O)Nc1ccc(N2CC[NH+](Cc3ccccc3)CC2)cc1. The Morgan fingerprint density at radius 2 is 1.73 bits per heavy atom. The molecule has 1 fully saturated rings. The molecule has 30 heavy (non-hydrogen) atoms. The van der Waals surface area contributed by atoms with Gasteiger partial charge in [-0.1, -0.05) is 30.3 Å². The van der Waals surface area contributed by atoms with E-state index in [1.807, 2.05) is 12.1 Å². The average Bonchev–Trinajstić information content (AvgIpc) is 2.76. The van der Waals surface area contributed by atoms with E-state index < -0.39 is 0 Å². The summed E-state index contributed by atoms with van der Waals surface area (Å²) >= 11 is 1.26. The van der Waals surface area contributed by atoms with Crippen molar-refractivity contribution in [3.8, 4) is 0 Å². The molecule has 1 saturated heterocycles. The number of nitrogens with one attached hydrogen (secondary N) is 2. The minimum absolute atomic E-state index is 0.116. The van der Waals surface area contributed by atoms with E-state index in [-0.39, 0.29) is 23.4 Å². The number of nitrogens with zero attached hydrogens (tertiary/aromatic N) is 1. The Balaban J connectivity index is 1.40. The number of thioether (sulfide) groups is 1. The van der Waals surface area contributed by atoms with Crippen LogP contribution >= 0.6 is 11.8 Å². The van der Waals surface area contributed by atoms with Crippen molar-refractivity contribution >= 4 is 35.0 Å². The number of hydrogen-bond acceptors (Lipinski definition) is 5. The molecule has 1 amide bonds. The fourth-order valence-corrected chi connectivity index (χ4v) is 4.13. The molecule has 0 bridgehead atoms. The smallest absolute Gasteiger partial charge is 0.315 e. The lowest BCUT2D eigenvalue weighted by molar-refractivity contribution is -0.914. The van der Waals surface area contributed by atoms with Gasteiger partial charge in [0.2, 0.25) is 5.91 Å². The molecule has 1 aliphatic heterocycles. The van der Waals surface area contributed by atoms with Crippen LogP contribution < -0.4 is 15.1 Å². The Morgan fingerprint density at radius 3 is 2.40 bits per heavy atom. The van der Waals surface area contributed by atoms with E-state index in [0.717, 1.165) is 38.4 Å². The van der Waals surface area contributed by atoms with Crippen LogP contribution in [0.5, 0.6) is 0 Å². The minimum Gasteiger partial charge on any atom is -0.465 e. The molecule has 7 heteroatoms. The highest BCUT2D eigenvalue weighted by atomic mass is 32.2. The lowest BCUT2D eigenvalue weighted by Gasteiger charge is -2.33. The number of rotatable bonds is 9. The first-order valence-corrected chi connectivity index (χ1v) is 11.5. The third kappa shape index (κ3) is 7.07. The molecule has 0 unspecified atom stereocenters. The van der Waals surface area contributed by atoms with Crippen LogP contribution in [-0.2, 0) is 20.9 Å². The van der Waals surface area contributed by atoms with Gasteiger partial charge in [0.05, 0.1) is 44.3 Å². The first kappa shape index (κ1) is 22.2. The minimum atomic E-state index is -0.287. The summed E-state index contributed by atoms with van der Waals surface area (Å²) in [5, 5.41) is 2.88. The van der Waals surface area contributed by atoms with Gasteiger partial charge in [0.25, 0.3) is 0 Å². The van der Waals surface area contributed by atoms with E-state index in [9.17, 15) is 9.59 Å². The molecule has 2 aromatic rings. The second kappa shape index (κ2) is 11.6. The van der Waals surface area contributed by atoms with Crippen molar-refractivity contribution in [2.45, 2.75) is 13.5 Å². The van der Waals surface area contributed by atoms with Crippen molar-refractivity contribution in [2.24, 2.45) is 0 Å². The zero-order valence-electron chi connectivity index (χ0n) is 17.4. The molecule has 1 aliphatic rings. The van der Waals surface area contributed by atoms with Gasteiger partial charge in [0.1, 0.15) is 6.54 Å². The number of carbonyl (C=O) groups excluding carboxylic acids is 2. The lowest BCUT2D eigenvalue weighted by Crippen LogP contribution is -3.13. The van der Waals surface area contributed by atoms with Crippen molar-refractivity contribution in [3.63, 3.8) is 0 Å². The Kier molecular flexibility index (Phi) is 8.59. The van der Waals surface area contributed by atoms with Crippen LogP contribution in [0, 0.1) is 0 Å². The van der Waals surface area contributed by atoms with Crippen LogP contribution in [0.2, 0.25) is 0 Å². The summed E-state index contributed by atoms with van der Waals surface area (Å²) in [7, 11) is 0. The van der Waals surface area contributed by atoms with Crippen LogP contribution in [0.3, 0.4) is 0 Å². The van der Waals surface area contributed by atoms with Crippen molar-refractivity contribution in [1.82, 2.24) is 0 Å². The van der Waals surface area contributed by atoms with E-state index in [1.54, 1.807) is 11.8 Å². The number of benzene rings is 2. The summed E-state index contributed by atoms with van der Waals surface area (Å²) in [4.78, 5) is 27.3. The first-order valence-electron chi connectivity index (χ1n) is 10.4. The predicted molar refractivity (Wildman–Crippen MR) is 122 cm³/mol. The normalized spacial score (nSPS) is 14.4. The Hall–Kier alpha value is -2.51. The molecule has 0 saturated carbocycles. The topological polar surface area (TPSA) is 63.1 Å². The van der Waals surface area contributed by atoms with Gasteiger partial charge in [-0.05, 0) is 31.2 Å². The Bertz CT molecular complexity index is 806. The number of anilines is 2. The molecule has 0 radical (unpaired) electrons. The maximum absolute atomic E-state index is 12.0. The van der Waals surface area contributed by atoms with Gasteiger partial charge in [-0.3, -0.25) is 9.59 Å². The third-order valence-electron chi connectivity index (χ3n) is 5.04. The van der Waals surface area contributed by atoms with Crippen LogP contribution in [0.4, 0.5) is 11.4 Å². The highest BCUT2D eigenvalue weighted by Crippen LogP contribution is 2.18. The molecule has 2 N–H and O–H groups in total. The summed E-state index contributed by atoms with van der Waals surface area (Å²) in [6.45, 7) is 7.49. The standard InChI is InChI=1S/C23H29N3O3S/c1-2-29-23(28)18-30-17-22(27)24-20-8-10-21(11-9-20)26-14-12-25(13-15-26)16-19-6-4-3-5-7-19/h3-11H,2,12-18H2,1H3,(H,24,27)/p+1. The van der Waals surface area contributed by atoms with Gasteiger partial charge in [0.15, 0.2) is 0 Å². The summed E-state index contributed by atoms with van der Waals surface area (Å²) in [6, 6.07) is 18.6. The highest BCUT2D eigenvalue weighted by Gasteiger charge is 2.20. The summed E-state index contributed by atoms with van der Waals surface area (Å²) in [5.74, 6) is 0.0195. The van der Waals surface area contributed by atoms with Crippen molar-refractivity contribution in [2.75, 3.05) is 54.5 Å². The molecular formula is C23H30N3O3S+. The van der Waals surface area contributed by atoms with Crippen molar-refractivity contribution in [3.05, 3.63) is 60.2 Å². The van der Waals surface area contributed by atoms with Gasteiger partial charge in [-0.25, -0.2) is 0 Å². The van der Waals surface area contributed by atoms with Gasteiger partial charge in [-0.2, -0.15) is 0 Å². The molecular weight excluding hydrogens is 398 g/mol. The van der Waals surface area contributed by atoms with E-state index in [2.05, 4.69) is 52.7 Å². The van der Waals surface area contributed by atoms with E-state index in [4.69, 9.17) is 4.74 Å².